The predicted octanol–water partition coefficient (Wildman–Crippen LogP) is 5.70. The molecular formula is C24H29BrFN3. The molecule has 154 valence electrons. The van der Waals surface area contributed by atoms with Crippen LogP contribution in [0.3, 0.4) is 0 Å². The molecule has 0 saturated carbocycles. The van der Waals surface area contributed by atoms with Gasteiger partial charge in [0, 0.05) is 22.8 Å². The van der Waals surface area contributed by atoms with Crippen molar-refractivity contribution >= 4 is 27.3 Å². The Morgan fingerprint density at radius 1 is 1.17 bits per heavy atom. The second-order valence-electron chi connectivity index (χ2n) is 8.43. The van der Waals surface area contributed by atoms with Crippen molar-refractivity contribution in [3.8, 4) is 0 Å². The first-order chi connectivity index (χ1) is 13.9. The average Bonchev–Trinajstić information content (AvgIpc) is 2.69. The number of hydrogen-bond donors (Lipinski definition) is 1. The summed E-state index contributed by atoms with van der Waals surface area (Å²) in [7, 11) is 0. The molecule has 1 saturated heterocycles. The molecular weight excluding hydrogens is 429 g/mol. The van der Waals surface area contributed by atoms with Crippen LogP contribution in [0.25, 0.3) is 0 Å². The summed E-state index contributed by atoms with van der Waals surface area (Å²) in [4.78, 5) is 4.73. The van der Waals surface area contributed by atoms with E-state index in [9.17, 15) is 4.39 Å². The summed E-state index contributed by atoms with van der Waals surface area (Å²) in [5, 5.41) is 0. The van der Waals surface area contributed by atoms with Crippen molar-refractivity contribution in [2.24, 2.45) is 0 Å². The number of likely N-dealkylation sites (tertiary alicyclic amines) is 1. The van der Waals surface area contributed by atoms with Crippen LogP contribution in [-0.2, 0) is 6.42 Å². The molecule has 1 atom stereocenters. The quantitative estimate of drug-likeness (QED) is 0.597. The monoisotopic (exact) mass is 457 g/mol. The van der Waals surface area contributed by atoms with Crippen molar-refractivity contribution in [2.75, 3.05) is 30.3 Å². The van der Waals surface area contributed by atoms with Gasteiger partial charge in [-0.15, -0.1) is 0 Å². The van der Waals surface area contributed by atoms with Crippen LogP contribution in [0, 0.1) is 5.82 Å². The Morgan fingerprint density at radius 3 is 2.55 bits per heavy atom. The standard InChI is InChI=1S/C24H29BrFN3/c1-16-3-4-20-13-22(26)14-23(27)24(20)29(16)17(2)15-28-11-9-19(10-12-28)18-5-7-21(25)8-6-18/h5-8,13-14,16,19H,2-4,9-12,15,27H2,1H3. The van der Waals surface area contributed by atoms with Gasteiger partial charge in [0.25, 0.3) is 0 Å². The van der Waals surface area contributed by atoms with Gasteiger partial charge in [0.15, 0.2) is 0 Å². The fourth-order valence-corrected chi connectivity index (χ4v) is 5.10. The summed E-state index contributed by atoms with van der Waals surface area (Å²) in [6.07, 6.45) is 4.17. The van der Waals surface area contributed by atoms with Crippen LogP contribution in [0.4, 0.5) is 15.8 Å². The maximum absolute atomic E-state index is 13.8. The minimum atomic E-state index is -0.253. The van der Waals surface area contributed by atoms with Gasteiger partial charge in [-0.2, -0.15) is 0 Å². The number of aryl methyl sites for hydroxylation is 1. The molecule has 2 aromatic carbocycles. The molecule has 2 aromatic rings. The van der Waals surface area contributed by atoms with Gasteiger partial charge in [-0.25, -0.2) is 4.39 Å². The van der Waals surface area contributed by atoms with Crippen molar-refractivity contribution < 1.29 is 4.39 Å². The van der Waals surface area contributed by atoms with E-state index in [1.807, 2.05) is 0 Å². The molecule has 4 rings (SSSR count). The number of anilines is 2. The zero-order chi connectivity index (χ0) is 20.5. The maximum Gasteiger partial charge on any atom is 0.125 e. The van der Waals surface area contributed by atoms with E-state index in [-0.39, 0.29) is 5.82 Å². The molecule has 2 N–H and O–H groups in total. The molecule has 5 heteroatoms. The van der Waals surface area contributed by atoms with Crippen LogP contribution in [0.5, 0.6) is 0 Å². The highest BCUT2D eigenvalue weighted by atomic mass is 79.9. The van der Waals surface area contributed by atoms with Crippen molar-refractivity contribution in [1.82, 2.24) is 4.90 Å². The Balaban J connectivity index is 1.42. The molecule has 2 aliphatic rings. The number of hydrogen-bond acceptors (Lipinski definition) is 3. The largest absolute Gasteiger partial charge is 0.397 e. The Kier molecular flexibility index (Phi) is 5.98. The van der Waals surface area contributed by atoms with E-state index >= 15 is 0 Å². The van der Waals surface area contributed by atoms with Crippen LogP contribution in [0.1, 0.15) is 43.2 Å². The molecule has 0 aliphatic carbocycles. The number of piperidine rings is 1. The maximum atomic E-state index is 13.8. The van der Waals surface area contributed by atoms with E-state index in [0.29, 0.717) is 17.6 Å². The topological polar surface area (TPSA) is 32.5 Å². The second kappa shape index (κ2) is 8.49. The molecule has 0 aromatic heterocycles. The van der Waals surface area contributed by atoms with E-state index in [1.165, 1.54) is 11.6 Å². The van der Waals surface area contributed by atoms with Crippen LogP contribution < -0.4 is 10.6 Å². The number of benzene rings is 2. The van der Waals surface area contributed by atoms with Gasteiger partial charge in [0.2, 0.25) is 0 Å². The van der Waals surface area contributed by atoms with Crippen molar-refractivity contribution in [3.05, 3.63) is 70.1 Å². The third-order valence-electron chi connectivity index (χ3n) is 6.37. The Labute approximate surface area is 181 Å². The normalized spacial score (nSPS) is 20.5. The van der Waals surface area contributed by atoms with Crippen molar-refractivity contribution in [3.63, 3.8) is 0 Å². The predicted molar refractivity (Wildman–Crippen MR) is 123 cm³/mol. The molecule has 0 radical (unpaired) electrons. The zero-order valence-electron chi connectivity index (χ0n) is 17.0. The summed E-state index contributed by atoms with van der Waals surface area (Å²) in [6, 6.07) is 12.1. The highest BCUT2D eigenvalue weighted by molar-refractivity contribution is 9.10. The Hall–Kier alpha value is -1.85. The van der Waals surface area contributed by atoms with Crippen LogP contribution in [0.2, 0.25) is 0 Å². The van der Waals surface area contributed by atoms with Gasteiger partial charge in [-0.3, -0.25) is 4.90 Å². The molecule has 1 unspecified atom stereocenters. The second-order valence-corrected chi connectivity index (χ2v) is 9.34. The summed E-state index contributed by atoms with van der Waals surface area (Å²) in [5.41, 5.74) is 11.2. The lowest BCUT2D eigenvalue weighted by Crippen LogP contribution is -2.42. The van der Waals surface area contributed by atoms with Crippen molar-refractivity contribution in [2.45, 2.75) is 44.6 Å². The summed E-state index contributed by atoms with van der Waals surface area (Å²) in [6.45, 7) is 9.56. The minimum Gasteiger partial charge on any atom is -0.397 e. The fraction of sp³-hybridized carbons (Fsp3) is 0.417. The Morgan fingerprint density at radius 2 is 1.86 bits per heavy atom. The van der Waals surface area contributed by atoms with Gasteiger partial charge in [-0.05, 0) is 87.0 Å². The lowest BCUT2D eigenvalue weighted by atomic mass is 9.89. The van der Waals surface area contributed by atoms with Gasteiger partial charge >= 0.3 is 0 Å². The minimum absolute atomic E-state index is 0.253. The molecule has 1 fully saturated rings. The Bertz CT molecular complexity index is 888. The average molecular weight is 458 g/mol. The molecule has 0 bridgehead atoms. The zero-order valence-corrected chi connectivity index (χ0v) is 18.6. The van der Waals surface area contributed by atoms with E-state index in [1.54, 1.807) is 6.07 Å². The first-order valence-corrected chi connectivity index (χ1v) is 11.2. The molecule has 29 heavy (non-hydrogen) atoms. The fourth-order valence-electron chi connectivity index (χ4n) is 4.84. The van der Waals surface area contributed by atoms with Crippen LogP contribution >= 0.6 is 15.9 Å². The molecule has 2 heterocycles. The smallest absolute Gasteiger partial charge is 0.125 e. The number of nitrogens with zero attached hydrogens (tertiary/aromatic N) is 2. The van der Waals surface area contributed by atoms with E-state index < -0.39 is 0 Å². The van der Waals surface area contributed by atoms with E-state index in [0.717, 1.165) is 66.7 Å². The number of nitrogens with two attached hydrogens (primary N) is 1. The van der Waals surface area contributed by atoms with E-state index in [2.05, 4.69) is 63.5 Å². The molecule has 2 aliphatic heterocycles. The molecule has 0 amide bonds. The summed E-state index contributed by atoms with van der Waals surface area (Å²) < 4.78 is 15.0. The SMILES string of the molecule is C=C(CN1CCC(c2ccc(Br)cc2)CC1)N1c2c(N)cc(F)cc2CCC1C. The number of fused-ring (bicyclic) bond motifs is 1. The van der Waals surface area contributed by atoms with Crippen LogP contribution in [0.15, 0.2) is 53.1 Å². The third-order valence-corrected chi connectivity index (χ3v) is 6.90. The number of rotatable bonds is 4. The van der Waals surface area contributed by atoms with Crippen LogP contribution in [-0.4, -0.2) is 30.6 Å². The highest BCUT2D eigenvalue weighted by Gasteiger charge is 2.29. The van der Waals surface area contributed by atoms with Gasteiger partial charge in [0.1, 0.15) is 5.82 Å². The summed E-state index contributed by atoms with van der Waals surface area (Å²) in [5.74, 6) is 0.372. The first-order valence-electron chi connectivity index (χ1n) is 10.4. The molecule has 0 spiro atoms. The lowest BCUT2D eigenvalue weighted by Gasteiger charge is -2.41. The number of halogens is 2. The van der Waals surface area contributed by atoms with Gasteiger partial charge in [0.05, 0.1) is 11.4 Å². The highest BCUT2D eigenvalue weighted by Crippen LogP contribution is 2.39. The van der Waals surface area contributed by atoms with E-state index in [4.69, 9.17) is 5.73 Å². The number of nitrogen functional groups attached to an aromatic ring is 1. The van der Waals surface area contributed by atoms with Gasteiger partial charge < -0.3 is 10.6 Å². The molecule has 3 nitrogen and oxygen atoms in total. The third kappa shape index (κ3) is 4.36. The van der Waals surface area contributed by atoms with Gasteiger partial charge in [-0.1, -0.05) is 34.6 Å². The lowest BCUT2D eigenvalue weighted by molar-refractivity contribution is 0.226. The first kappa shape index (κ1) is 20.4. The van der Waals surface area contributed by atoms with Crippen molar-refractivity contribution in [1.29, 1.82) is 0 Å². The summed E-state index contributed by atoms with van der Waals surface area (Å²) >= 11 is 3.52.